The third-order valence-electron chi connectivity index (χ3n) is 4.98. The van der Waals surface area contributed by atoms with Crippen molar-refractivity contribution >= 4 is 23.2 Å². The zero-order chi connectivity index (χ0) is 16.4. The Balaban J connectivity index is 1.59. The van der Waals surface area contributed by atoms with Gasteiger partial charge in [0, 0.05) is 16.3 Å². The molecule has 2 unspecified atom stereocenters. The minimum atomic E-state index is -0.735. The van der Waals surface area contributed by atoms with Gasteiger partial charge in [-0.2, -0.15) is 0 Å². The van der Waals surface area contributed by atoms with Gasteiger partial charge in [0.15, 0.2) is 6.10 Å². The Morgan fingerprint density at radius 2 is 2.04 bits per heavy atom. The zero-order valence-corrected chi connectivity index (χ0v) is 14.7. The van der Waals surface area contributed by atoms with Crippen LogP contribution in [0.1, 0.15) is 66.8 Å². The standard InChI is InChI=1S/C18H25NO3S/c1-11-7-8-14-15(10-23-16(14)9-11)18(21)22-12(2)17(20)19-13-5-3-4-6-13/h10-13H,3-9H2,1-2H3,(H,19,20). The Morgan fingerprint density at radius 1 is 1.30 bits per heavy atom. The number of amides is 1. The van der Waals surface area contributed by atoms with Gasteiger partial charge in [-0.25, -0.2) is 4.79 Å². The van der Waals surface area contributed by atoms with Crippen molar-refractivity contribution in [3.63, 3.8) is 0 Å². The summed E-state index contributed by atoms with van der Waals surface area (Å²) in [5, 5.41) is 4.88. The number of fused-ring (bicyclic) bond motifs is 1. The number of carbonyl (C=O) groups excluding carboxylic acids is 2. The fraction of sp³-hybridized carbons (Fsp3) is 0.667. The molecule has 0 aliphatic heterocycles. The molecule has 1 amide bonds. The predicted octanol–water partition coefficient (Wildman–Crippen LogP) is 3.48. The lowest BCUT2D eigenvalue weighted by atomic mass is 9.88. The summed E-state index contributed by atoms with van der Waals surface area (Å²) in [4.78, 5) is 25.9. The highest BCUT2D eigenvalue weighted by Gasteiger charge is 2.27. The molecule has 0 aromatic carbocycles. The summed E-state index contributed by atoms with van der Waals surface area (Å²) in [6, 6.07) is 0.249. The number of rotatable bonds is 4. The van der Waals surface area contributed by atoms with Crippen LogP contribution in [-0.4, -0.2) is 24.0 Å². The SMILES string of the molecule is CC1CCc2c(C(=O)OC(C)C(=O)NC3CCCC3)csc2C1. The van der Waals surface area contributed by atoms with Crippen molar-refractivity contribution in [2.24, 2.45) is 5.92 Å². The molecule has 1 aromatic rings. The van der Waals surface area contributed by atoms with Crippen LogP contribution in [-0.2, 0) is 22.4 Å². The van der Waals surface area contributed by atoms with Crippen LogP contribution in [0.2, 0.25) is 0 Å². The van der Waals surface area contributed by atoms with Crippen molar-refractivity contribution in [3.8, 4) is 0 Å². The molecule has 3 rings (SSSR count). The second-order valence-corrected chi connectivity index (χ2v) is 7.90. The van der Waals surface area contributed by atoms with Crippen LogP contribution in [0.4, 0.5) is 0 Å². The fourth-order valence-electron chi connectivity index (χ4n) is 3.51. The molecule has 1 N–H and O–H groups in total. The monoisotopic (exact) mass is 335 g/mol. The first-order valence-electron chi connectivity index (χ1n) is 8.65. The Bertz CT molecular complexity index is 589. The van der Waals surface area contributed by atoms with E-state index in [0.717, 1.165) is 37.7 Å². The first kappa shape index (κ1) is 16.5. The topological polar surface area (TPSA) is 55.4 Å². The van der Waals surface area contributed by atoms with Crippen LogP contribution in [0.3, 0.4) is 0 Å². The minimum absolute atomic E-state index is 0.178. The van der Waals surface area contributed by atoms with Gasteiger partial charge >= 0.3 is 5.97 Å². The minimum Gasteiger partial charge on any atom is -0.449 e. The normalized spacial score (nSPS) is 22.4. The Labute approximate surface area is 141 Å². The molecule has 23 heavy (non-hydrogen) atoms. The van der Waals surface area contributed by atoms with E-state index in [1.54, 1.807) is 18.3 Å². The summed E-state index contributed by atoms with van der Waals surface area (Å²) in [7, 11) is 0. The van der Waals surface area contributed by atoms with Crippen molar-refractivity contribution in [2.75, 3.05) is 0 Å². The van der Waals surface area contributed by atoms with Gasteiger partial charge in [-0.15, -0.1) is 11.3 Å². The largest absolute Gasteiger partial charge is 0.449 e. The average Bonchev–Trinajstić information content (AvgIpc) is 3.15. The molecule has 1 heterocycles. The van der Waals surface area contributed by atoms with Gasteiger partial charge in [-0.3, -0.25) is 4.79 Å². The first-order valence-corrected chi connectivity index (χ1v) is 9.53. The molecular weight excluding hydrogens is 310 g/mol. The molecule has 0 bridgehead atoms. The molecule has 2 atom stereocenters. The van der Waals surface area contributed by atoms with Crippen LogP contribution in [0.5, 0.6) is 0 Å². The lowest BCUT2D eigenvalue weighted by Crippen LogP contribution is -2.40. The van der Waals surface area contributed by atoms with Crippen LogP contribution in [0.15, 0.2) is 5.38 Å². The molecule has 2 aliphatic carbocycles. The summed E-state index contributed by atoms with van der Waals surface area (Å²) >= 11 is 1.64. The average molecular weight is 335 g/mol. The summed E-state index contributed by atoms with van der Waals surface area (Å²) in [6.07, 6.45) is 6.75. The van der Waals surface area contributed by atoms with E-state index in [1.165, 1.54) is 17.7 Å². The quantitative estimate of drug-likeness (QED) is 0.857. The van der Waals surface area contributed by atoms with Gasteiger partial charge in [0.2, 0.25) is 0 Å². The lowest BCUT2D eigenvalue weighted by molar-refractivity contribution is -0.129. The smallest absolute Gasteiger partial charge is 0.340 e. The van der Waals surface area contributed by atoms with E-state index in [2.05, 4.69) is 12.2 Å². The maximum Gasteiger partial charge on any atom is 0.340 e. The number of carbonyl (C=O) groups is 2. The molecule has 1 fully saturated rings. The maximum atomic E-state index is 12.4. The molecule has 1 saturated carbocycles. The van der Waals surface area contributed by atoms with E-state index < -0.39 is 6.10 Å². The maximum absolute atomic E-state index is 12.4. The Morgan fingerprint density at radius 3 is 2.78 bits per heavy atom. The van der Waals surface area contributed by atoms with Gasteiger partial charge in [-0.05, 0) is 50.5 Å². The number of esters is 1. The van der Waals surface area contributed by atoms with E-state index in [-0.39, 0.29) is 17.9 Å². The van der Waals surface area contributed by atoms with Crippen LogP contribution in [0.25, 0.3) is 0 Å². The van der Waals surface area contributed by atoms with E-state index in [4.69, 9.17) is 4.74 Å². The Kier molecular flexibility index (Phi) is 5.05. The van der Waals surface area contributed by atoms with Crippen LogP contribution in [0, 0.1) is 5.92 Å². The van der Waals surface area contributed by atoms with Crippen molar-refractivity contribution in [1.29, 1.82) is 0 Å². The predicted molar refractivity (Wildman–Crippen MR) is 90.8 cm³/mol. The van der Waals surface area contributed by atoms with Gasteiger partial charge in [0.1, 0.15) is 0 Å². The van der Waals surface area contributed by atoms with Crippen molar-refractivity contribution < 1.29 is 14.3 Å². The molecular formula is C18H25NO3S. The molecule has 126 valence electrons. The number of hydrogen-bond acceptors (Lipinski definition) is 4. The second kappa shape index (κ2) is 7.04. The third kappa shape index (κ3) is 3.77. The summed E-state index contributed by atoms with van der Waals surface area (Å²) in [5.74, 6) is 0.148. The van der Waals surface area contributed by atoms with E-state index in [9.17, 15) is 9.59 Å². The van der Waals surface area contributed by atoms with Gasteiger partial charge in [0.25, 0.3) is 5.91 Å². The lowest BCUT2D eigenvalue weighted by Gasteiger charge is -2.20. The van der Waals surface area contributed by atoms with Crippen LogP contribution < -0.4 is 5.32 Å². The van der Waals surface area contributed by atoms with Crippen molar-refractivity contribution in [3.05, 3.63) is 21.4 Å². The molecule has 0 spiro atoms. The van der Waals surface area contributed by atoms with Crippen molar-refractivity contribution in [1.82, 2.24) is 5.32 Å². The van der Waals surface area contributed by atoms with E-state index >= 15 is 0 Å². The number of thiophene rings is 1. The second-order valence-electron chi connectivity index (χ2n) is 6.94. The highest BCUT2D eigenvalue weighted by molar-refractivity contribution is 7.10. The highest BCUT2D eigenvalue weighted by Crippen LogP contribution is 2.33. The molecule has 2 aliphatic rings. The number of nitrogens with one attached hydrogen (secondary N) is 1. The van der Waals surface area contributed by atoms with E-state index in [1.807, 2.05) is 5.38 Å². The summed E-state index contributed by atoms with van der Waals surface area (Å²) < 4.78 is 5.42. The first-order chi connectivity index (χ1) is 11.0. The molecule has 5 heteroatoms. The summed E-state index contributed by atoms with van der Waals surface area (Å²) in [5.41, 5.74) is 1.80. The molecule has 4 nitrogen and oxygen atoms in total. The number of hydrogen-bond donors (Lipinski definition) is 1. The van der Waals surface area contributed by atoms with E-state index in [0.29, 0.717) is 11.5 Å². The Hall–Kier alpha value is -1.36. The zero-order valence-electron chi connectivity index (χ0n) is 13.9. The molecule has 0 radical (unpaired) electrons. The fourth-order valence-corrected chi connectivity index (χ4v) is 4.75. The van der Waals surface area contributed by atoms with Gasteiger partial charge < -0.3 is 10.1 Å². The third-order valence-corrected chi connectivity index (χ3v) is 6.03. The highest BCUT2D eigenvalue weighted by atomic mass is 32.1. The molecule has 0 saturated heterocycles. The number of ether oxygens (including phenoxy) is 1. The van der Waals surface area contributed by atoms with Crippen molar-refractivity contribution in [2.45, 2.75) is 70.9 Å². The van der Waals surface area contributed by atoms with Gasteiger partial charge in [-0.1, -0.05) is 19.8 Å². The molecule has 1 aromatic heterocycles. The van der Waals surface area contributed by atoms with Gasteiger partial charge in [0.05, 0.1) is 5.56 Å². The summed E-state index contributed by atoms with van der Waals surface area (Å²) in [6.45, 7) is 3.90. The van der Waals surface area contributed by atoms with Crippen LogP contribution >= 0.6 is 11.3 Å².